The minimum Gasteiger partial charge on any atom is -0.396 e. The molecule has 1 N–H and O–H groups in total. The van der Waals surface area contributed by atoms with Crippen molar-refractivity contribution in [2.75, 3.05) is 13.2 Å². The highest BCUT2D eigenvalue weighted by molar-refractivity contribution is 5.95. The topological polar surface area (TPSA) is 40.5 Å². The summed E-state index contributed by atoms with van der Waals surface area (Å²) in [4.78, 5) is 14.1. The van der Waals surface area contributed by atoms with Gasteiger partial charge in [0.25, 0.3) is 5.91 Å². The lowest BCUT2D eigenvalue weighted by molar-refractivity contribution is 0.0719. The van der Waals surface area contributed by atoms with Crippen LogP contribution in [-0.4, -0.2) is 35.1 Å². The van der Waals surface area contributed by atoms with Gasteiger partial charge in [0.15, 0.2) is 0 Å². The van der Waals surface area contributed by atoms with Gasteiger partial charge in [0.1, 0.15) is 5.82 Å². The number of amides is 1. The Bertz CT molecular complexity index is 461. The Morgan fingerprint density at radius 1 is 1.53 bits per heavy atom. The highest BCUT2D eigenvalue weighted by atomic mass is 19.1. The molecule has 0 saturated carbocycles. The summed E-state index contributed by atoms with van der Waals surface area (Å²) < 4.78 is 13.8. The van der Waals surface area contributed by atoms with Crippen LogP contribution in [0.3, 0.4) is 0 Å². The predicted molar refractivity (Wildman–Crippen MR) is 71.5 cm³/mol. The molecule has 104 valence electrons. The maximum Gasteiger partial charge on any atom is 0.257 e. The molecule has 19 heavy (non-hydrogen) atoms. The van der Waals surface area contributed by atoms with Crippen LogP contribution in [0, 0.1) is 12.7 Å². The molecule has 3 nitrogen and oxygen atoms in total. The molecule has 1 unspecified atom stereocenters. The zero-order valence-corrected chi connectivity index (χ0v) is 11.2. The Labute approximate surface area is 113 Å². The van der Waals surface area contributed by atoms with Gasteiger partial charge in [0.2, 0.25) is 0 Å². The van der Waals surface area contributed by atoms with Crippen molar-refractivity contribution in [2.24, 2.45) is 0 Å². The van der Waals surface area contributed by atoms with E-state index in [1.165, 1.54) is 6.07 Å². The van der Waals surface area contributed by atoms with E-state index in [-0.39, 0.29) is 24.1 Å². The van der Waals surface area contributed by atoms with E-state index in [4.69, 9.17) is 5.11 Å². The number of hydrogen-bond acceptors (Lipinski definition) is 2. The zero-order chi connectivity index (χ0) is 13.8. The lowest BCUT2D eigenvalue weighted by atomic mass is 10.1. The van der Waals surface area contributed by atoms with E-state index >= 15 is 0 Å². The molecule has 1 fully saturated rings. The number of carbonyl (C=O) groups excluding carboxylic acids is 1. The minimum absolute atomic E-state index is 0.136. The van der Waals surface area contributed by atoms with E-state index < -0.39 is 5.82 Å². The predicted octanol–water partition coefficient (Wildman–Crippen LogP) is 2.51. The van der Waals surface area contributed by atoms with Gasteiger partial charge < -0.3 is 10.0 Å². The third kappa shape index (κ3) is 3.13. The molecular weight excluding hydrogens is 245 g/mol. The van der Waals surface area contributed by atoms with Gasteiger partial charge in [-0.05, 0) is 50.3 Å². The molecule has 1 aliphatic rings. The van der Waals surface area contributed by atoms with Crippen molar-refractivity contribution in [3.63, 3.8) is 0 Å². The standard InChI is InChI=1S/C15H20FNO2/c1-11-6-7-13(14(16)10-11)15(19)17-8-2-4-12(17)5-3-9-18/h6-7,10,12,18H,2-5,8-9H2,1H3. The summed E-state index contributed by atoms with van der Waals surface area (Å²) in [6.07, 6.45) is 3.37. The number of aryl methyl sites for hydroxylation is 1. The number of nitrogens with zero attached hydrogens (tertiary/aromatic N) is 1. The summed E-state index contributed by atoms with van der Waals surface area (Å²) in [5, 5.41) is 8.88. The molecule has 2 rings (SSSR count). The van der Waals surface area contributed by atoms with Gasteiger partial charge >= 0.3 is 0 Å². The first kappa shape index (κ1) is 14.0. The molecule has 1 heterocycles. The summed E-state index contributed by atoms with van der Waals surface area (Å²) in [6.45, 7) is 2.62. The first-order chi connectivity index (χ1) is 9.13. The van der Waals surface area contributed by atoms with E-state index in [9.17, 15) is 9.18 Å². The lowest BCUT2D eigenvalue weighted by Gasteiger charge is -2.25. The Kier molecular flexibility index (Phi) is 4.53. The molecule has 1 saturated heterocycles. The van der Waals surface area contributed by atoms with Crippen LogP contribution in [0.25, 0.3) is 0 Å². The molecule has 1 amide bonds. The van der Waals surface area contributed by atoms with Crippen LogP contribution in [-0.2, 0) is 0 Å². The van der Waals surface area contributed by atoms with E-state index in [1.807, 2.05) is 0 Å². The molecule has 0 radical (unpaired) electrons. The van der Waals surface area contributed by atoms with E-state index in [1.54, 1.807) is 24.0 Å². The fourth-order valence-electron chi connectivity index (χ4n) is 2.68. The van der Waals surface area contributed by atoms with Gasteiger partial charge in [-0.25, -0.2) is 4.39 Å². The molecule has 4 heteroatoms. The number of halogens is 1. The summed E-state index contributed by atoms with van der Waals surface area (Å²) in [5.41, 5.74) is 0.966. The average molecular weight is 265 g/mol. The molecule has 0 aromatic heterocycles. The molecule has 0 aliphatic carbocycles. The Morgan fingerprint density at radius 3 is 3.00 bits per heavy atom. The number of aliphatic hydroxyl groups is 1. The largest absolute Gasteiger partial charge is 0.396 e. The van der Waals surface area contributed by atoms with Gasteiger partial charge in [-0.3, -0.25) is 4.79 Å². The van der Waals surface area contributed by atoms with Crippen LogP contribution in [0.5, 0.6) is 0 Å². The van der Waals surface area contributed by atoms with Crippen LogP contribution in [0.2, 0.25) is 0 Å². The molecule has 0 spiro atoms. The van der Waals surface area contributed by atoms with Gasteiger partial charge in [-0.1, -0.05) is 6.07 Å². The molecular formula is C15H20FNO2. The Hall–Kier alpha value is -1.42. The average Bonchev–Trinajstić information content (AvgIpc) is 2.83. The van der Waals surface area contributed by atoms with Crippen LogP contribution >= 0.6 is 0 Å². The quantitative estimate of drug-likeness (QED) is 0.908. The monoisotopic (exact) mass is 265 g/mol. The molecule has 1 atom stereocenters. The van der Waals surface area contributed by atoms with Crippen molar-refractivity contribution >= 4 is 5.91 Å². The summed E-state index contributed by atoms with van der Waals surface area (Å²) in [6, 6.07) is 4.86. The number of hydrogen-bond donors (Lipinski definition) is 1. The van der Waals surface area contributed by atoms with Gasteiger partial charge in [0.05, 0.1) is 5.56 Å². The summed E-state index contributed by atoms with van der Waals surface area (Å²) in [7, 11) is 0. The van der Waals surface area contributed by atoms with Crippen molar-refractivity contribution in [1.29, 1.82) is 0 Å². The van der Waals surface area contributed by atoms with Crippen molar-refractivity contribution in [2.45, 2.75) is 38.6 Å². The third-order valence-electron chi connectivity index (χ3n) is 3.69. The van der Waals surface area contributed by atoms with Crippen molar-refractivity contribution in [1.82, 2.24) is 4.90 Å². The lowest BCUT2D eigenvalue weighted by Crippen LogP contribution is -2.36. The SMILES string of the molecule is Cc1ccc(C(=O)N2CCCC2CCCO)c(F)c1. The zero-order valence-electron chi connectivity index (χ0n) is 11.2. The number of benzene rings is 1. The number of rotatable bonds is 4. The Balaban J connectivity index is 2.13. The van der Waals surface area contributed by atoms with Crippen LogP contribution in [0.15, 0.2) is 18.2 Å². The number of aliphatic hydroxyl groups excluding tert-OH is 1. The fourth-order valence-corrected chi connectivity index (χ4v) is 2.68. The van der Waals surface area contributed by atoms with Crippen molar-refractivity contribution in [3.05, 3.63) is 35.1 Å². The minimum atomic E-state index is -0.446. The van der Waals surface area contributed by atoms with E-state index in [0.717, 1.165) is 24.8 Å². The maximum absolute atomic E-state index is 13.8. The second-order valence-corrected chi connectivity index (χ2v) is 5.14. The van der Waals surface area contributed by atoms with Crippen molar-refractivity contribution in [3.8, 4) is 0 Å². The number of likely N-dealkylation sites (tertiary alicyclic amines) is 1. The normalized spacial score (nSPS) is 18.9. The second-order valence-electron chi connectivity index (χ2n) is 5.14. The van der Waals surface area contributed by atoms with Crippen molar-refractivity contribution < 1.29 is 14.3 Å². The summed E-state index contributed by atoms with van der Waals surface area (Å²) in [5.74, 6) is -0.671. The summed E-state index contributed by atoms with van der Waals surface area (Å²) >= 11 is 0. The van der Waals surface area contributed by atoms with Crippen LogP contribution in [0.4, 0.5) is 4.39 Å². The molecule has 1 aliphatic heterocycles. The fraction of sp³-hybridized carbons (Fsp3) is 0.533. The van der Waals surface area contributed by atoms with Crippen LogP contribution in [0.1, 0.15) is 41.6 Å². The van der Waals surface area contributed by atoms with Gasteiger partial charge in [-0.15, -0.1) is 0 Å². The highest BCUT2D eigenvalue weighted by Gasteiger charge is 2.30. The first-order valence-electron chi connectivity index (χ1n) is 6.81. The van der Waals surface area contributed by atoms with Gasteiger partial charge in [0, 0.05) is 19.2 Å². The van der Waals surface area contributed by atoms with Crippen LogP contribution < -0.4 is 0 Å². The first-order valence-corrected chi connectivity index (χ1v) is 6.81. The van der Waals surface area contributed by atoms with Gasteiger partial charge in [-0.2, -0.15) is 0 Å². The second kappa shape index (κ2) is 6.15. The molecule has 0 bridgehead atoms. The van der Waals surface area contributed by atoms with E-state index in [2.05, 4.69) is 0 Å². The molecule has 1 aromatic rings. The maximum atomic E-state index is 13.8. The third-order valence-corrected chi connectivity index (χ3v) is 3.69. The Morgan fingerprint density at radius 2 is 2.32 bits per heavy atom. The highest BCUT2D eigenvalue weighted by Crippen LogP contribution is 2.24. The smallest absolute Gasteiger partial charge is 0.257 e. The number of carbonyl (C=O) groups is 1. The molecule has 1 aromatic carbocycles. The van der Waals surface area contributed by atoms with E-state index in [0.29, 0.717) is 13.0 Å².